The standard InChI is InChI=1S/C24H32N8OS/c1-14(2)30(6)21-11-16-17(19(27-21)12-25-5)13-31(23(16)33)20-10-8-9-18(26-20)22-28-29-24(34-7)32(22)15(3)4/h8-11,14-15,25H,12-13H2,1-7H3. The molecule has 0 aliphatic carbocycles. The van der Waals surface area contributed by atoms with Gasteiger partial charge >= 0.3 is 0 Å². The predicted octanol–water partition coefficient (Wildman–Crippen LogP) is 3.76. The van der Waals surface area contributed by atoms with Gasteiger partial charge < -0.3 is 10.2 Å². The van der Waals surface area contributed by atoms with Gasteiger partial charge in [-0.3, -0.25) is 14.3 Å². The summed E-state index contributed by atoms with van der Waals surface area (Å²) in [6.45, 7) is 9.43. The molecule has 0 fully saturated rings. The molecular formula is C24H32N8OS. The summed E-state index contributed by atoms with van der Waals surface area (Å²) in [4.78, 5) is 27.1. The van der Waals surface area contributed by atoms with Gasteiger partial charge in [0.05, 0.1) is 17.8 Å². The van der Waals surface area contributed by atoms with Crippen molar-refractivity contribution in [1.29, 1.82) is 0 Å². The van der Waals surface area contributed by atoms with E-state index in [9.17, 15) is 4.79 Å². The van der Waals surface area contributed by atoms with Crippen LogP contribution in [0.5, 0.6) is 0 Å². The lowest BCUT2D eigenvalue weighted by Gasteiger charge is -2.24. The lowest BCUT2D eigenvalue weighted by Crippen LogP contribution is -2.27. The Labute approximate surface area is 205 Å². The van der Waals surface area contributed by atoms with Crippen molar-refractivity contribution in [2.75, 3.05) is 30.2 Å². The van der Waals surface area contributed by atoms with Crippen LogP contribution in [0.1, 0.15) is 55.4 Å². The predicted molar refractivity (Wildman–Crippen MR) is 136 cm³/mol. The minimum atomic E-state index is -0.0621. The zero-order chi connectivity index (χ0) is 24.6. The highest BCUT2D eigenvalue weighted by atomic mass is 32.2. The van der Waals surface area contributed by atoms with Gasteiger partial charge in [-0.2, -0.15) is 0 Å². The van der Waals surface area contributed by atoms with E-state index < -0.39 is 0 Å². The lowest BCUT2D eigenvalue weighted by molar-refractivity contribution is 0.0996. The van der Waals surface area contributed by atoms with E-state index in [2.05, 4.69) is 52.7 Å². The maximum Gasteiger partial charge on any atom is 0.260 e. The number of anilines is 2. The van der Waals surface area contributed by atoms with E-state index in [1.165, 1.54) is 0 Å². The van der Waals surface area contributed by atoms with Gasteiger partial charge in [-0.05, 0) is 59.2 Å². The smallest absolute Gasteiger partial charge is 0.260 e. The summed E-state index contributed by atoms with van der Waals surface area (Å²) in [5.74, 6) is 2.03. The van der Waals surface area contributed by atoms with Crippen molar-refractivity contribution in [1.82, 2.24) is 30.0 Å². The fourth-order valence-electron chi connectivity index (χ4n) is 4.05. The van der Waals surface area contributed by atoms with Gasteiger partial charge in [0.15, 0.2) is 11.0 Å². The largest absolute Gasteiger partial charge is 0.357 e. The summed E-state index contributed by atoms with van der Waals surface area (Å²) in [6.07, 6.45) is 1.98. The Bertz CT molecular complexity index is 1210. The van der Waals surface area contributed by atoms with Crippen molar-refractivity contribution < 1.29 is 4.79 Å². The number of carbonyl (C=O) groups is 1. The van der Waals surface area contributed by atoms with Crippen LogP contribution in [0, 0.1) is 0 Å². The molecule has 10 heteroatoms. The molecule has 9 nitrogen and oxygen atoms in total. The molecule has 1 aliphatic rings. The second kappa shape index (κ2) is 9.71. The Balaban J connectivity index is 1.74. The molecule has 1 amide bonds. The number of thioether (sulfide) groups is 1. The van der Waals surface area contributed by atoms with Crippen LogP contribution in [-0.2, 0) is 13.1 Å². The molecule has 1 N–H and O–H groups in total. The van der Waals surface area contributed by atoms with Gasteiger partial charge in [-0.1, -0.05) is 17.8 Å². The number of nitrogens with one attached hydrogen (secondary N) is 1. The molecule has 3 aromatic rings. The van der Waals surface area contributed by atoms with E-state index in [0.29, 0.717) is 36.0 Å². The van der Waals surface area contributed by atoms with E-state index in [1.807, 2.05) is 44.6 Å². The van der Waals surface area contributed by atoms with Crippen molar-refractivity contribution in [3.8, 4) is 11.5 Å². The van der Waals surface area contributed by atoms with Crippen LogP contribution >= 0.6 is 11.8 Å². The zero-order valence-corrected chi connectivity index (χ0v) is 21.6. The van der Waals surface area contributed by atoms with E-state index in [0.717, 1.165) is 22.2 Å². The van der Waals surface area contributed by atoms with Crippen LogP contribution in [0.15, 0.2) is 29.4 Å². The number of nitrogens with zero attached hydrogens (tertiary/aromatic N) is 7. The summed E-state index contributed by atoms with van der Waals surface area (Å²) in [5.41, 5.74) is 3.21. The molecule has 0 bridgehead atoms. The normalized spacial score (nSPS) is 13.3. The van der Waals surface area contributed by atoms with Crippen LogP contribution < -0.4 is 15.1 Å². The fourth-order valence-corrected chi connectivity index (χ4v) is 4.67. The Morgan fingerprint density at radius 1 is 1.18 bits per heavy atom. The van der Waals surface area contributed by atoms with Gasteiger partial charge in [-0.25, -0.2) is 9.97 Å². The van der Waals surface area contributed by atoms with Crippen LogP contribution in [0.25, 0.3) is 11.5 Å². The molecule has 0 radical (unpaired) electrons. The number of carbonyl (C=O) groups excluding carboxylic acids is 1. The van der Waals surface area contributed by atoms with E-state index in [4.69, 9.17) is 9.97 Å². The highest BCUT2D eigenvalue weighted by molar-refractivity contribution is 7.98. The molecule has 3 aromatic heterocycles. The molecule has 4 rings (SSSR count). The van der Waals surface area contributed by atoms with Gasteiger partial charge in [0.1, 0.15) is 17.3 Å². The molecule has 4 heterocycles. The third-order valence-electron chi connectivity index (χ3n) is 6.07. The quantitative estimate of drug-likeness (QED) is 0.487. The molecule has 0 atom stereocenters. The minimum Gasteiger partial charge on any atom is -0.357 e. The third-order valence-corrected chi connectivity index (χ3v) is 6.72. The first-order valence-electron chi connectivity index (χ1n) is 11.4. The summed E-state index contributed by atoms with van der Waals surface area (Å²) in [7, 11) is 3.89. The van der Waals surface area contributed by atoms with Gasteiger partial charge in [-0.15, -0.1) is 10.2 Å². The van der Waals surface area contributed by atoms with Crippen molar-refractivity contribution in [3.63, 3.8) is 0 Å². The first kappa shape index (κ1) is 24.2. The van der Waals surface area contributed by atoms with E-state index >= 15 is 0 Å². The molecule has 0 aromatic carbocycles. The third kappa shape index (κ3) is 4.27. The van der Waals surface area contributed by atoms with Crippen LogP contribution in [0.2, 0.25) is 0 Å². The van der Waals surface area contributed by atoms with Crippen molar-refractivity contribution in [2.45, 2.75) is 58.0 Å². The average Bonchev–Trinajstić information content (AvgIpc) is 3.40. The van der Waals surface area contributed by atoms with Gasteiger partial charge in [0.2, 0.25) is 0 Å². The van der Waals surface area contributed by atoms with Crippen molar-refractivity contribution >= 4 is 29.3 Å². The van der Waals surface area contributed by atoms with Crippen LogP contribution in [0.3, 0.4) is 0 Å². The highest BCUT2D eigenvalue weighted by Crippen LogP contribution is 2.33. The van der Waals surface area contributed by atoms with Crippen molar-refractivity contribution in [3.05, 3.63) is 41.1 Å². The number of aromatic nitrogens is 5. The minimum absolute atomic E-state index is 0.0621. The zero-order valence-electron chi connectivity index (χ0n) is 20.8. The summed E-state index contributed by atoms with van der Waals surface area (Å²) in [6, 6.07) is 8.04. The number of hydrogen-bond donors (Lipinski definition) is 1. The monoisotopic (exact) mass is 480 g/mol. The molecule has 34 heavy (non-hydrogen) atoms. The number of fused-ring (bicyclic) bond motifs is 1. The fraction of sp³-hybridized carbons (Fsp3) is 0.458. The van der Waals surface area contributed by atoms with Crippen LogP contribution in [-0.4, -0.2) is 57.0 Å². The van der Waals surface area contributed by atoms with E-state index in [1.54, 1.807) is 16.7 Å². The topological polar surface area (TPSA) is 92.1 Å². The second-order valence-electron chi connectivity index (χ2n) is 8.93. The number of amides is 1. The molecule has 0 spiro atoms. The summed E-state index contributed by atoms with van der Waals surface area (Å²) >= 11 is 1.55. The summed E-state index contributed by atoms with van der Waals surface area (Å²) in [5, 5.41) is 12.7. The number of pyridine rings is 2. The van der Waals surface area contributed by atoms with Gasteiger partial charge in [0, 0.05) is 31.2 Å². The maximum atomic E-state index is 13.6. The first-order valence-corrected chi connectivity index (χ1v) is 12.7. The Hall–Kier alpha value is -2.98. The second-order valence-corrected chi connectivity index (χ2v) is 9.71. The number of rotatable bonds is 8. The van der Waals surface area contributed by atoms with Crippen molar-refractivity contribution in [2.24, 2.45) is 0 Å². The number of hydrogen-bond acceptors (Lipinski definition) is 8. The molecule has 180 valence electrons. The van der Waals surface area contributed by atoms with E-state index in [-0.39, 0.29) is 18.0 Å². The molecule has 0 unspecified atom stereocenters. The molecule has 1 aliphatic heterocycles. The average molecular weight is 481 g/mol. The molecular weight excluding hydrogens is 448 g/mol. The first-order chi connectivity index (χ1) is 16.3. The van der Waals surface area contributed by atoms with Crippen LogP contribution in [0.4, 0.5) is 11.6 Å². The Morgan fingerprint density at radius 3 is 2.59 bits per heavy atom. The Kier molecular flexibility index (Phi) is 6.90. The maximum absolute atomic E-state index is 13.6. The highest BCUT2D eigenvalue weighted by Gasteiger charge is 2.33. The molecule has 0 saturated heterocycles. The summed E-state index contributed by atoms with van der Waals surface area (Å²) < 4.78 is 2.07. The van der Waals surface area contributed by atoms with Gasteiger partial charge in [0.25, 0.3) is 5.91 Å². The SMILES string of the molecule is CNCc1nc(N(C)C(C)C)cc2c1CN(c1cccc(-c3nnc(SC)n3C(C)C)n1)C2=O. The lowest BCUT2D eigenvalue weighted by atomic mass is 10.1. The Morgan fingerprint density at radius 2 is 1.94 bits per heavy atom. The molecule has 0 saturated carbocycles.